The maximum atomic E-state index is 12.6. The van der Waals surface area contributed by atoms with Crippen molar-refractivity contribution in [3.05, 3.63) is 35.9 Å². The SMILES string of the molecule is CC(CC(=O)N1CCC(c2ccccc2)C1)C1CCCNC1. The molecule has 3 nitrogen and oxygen atoms in total. The fourth-order valence-corrected chi connectivity index (χ4v) is 3.92. The molecule has 2 fully saturated rings. The summed E-state index contributed by atoms with van der Waals surface area (Å²) >= 11 is 0. The molecule has 3 rings (SSSR count). The van der Waals surface area contributed by atoms with Crippen molar-refractivity contribution in [2.75, 3.05) is 26.2 Å². The summed E-state index contributed by atoms with van der Waals surface area (Å²) in [6, 6.07) is 10.6. The van der Waals surface area contributed by atoms with E-state index in [0.717, 1.165) is 32.6 Å². The van der Waals surface area contributed by atoms with Crippen molar-refractivity contribution < 1.29 is 4.79 Å². The Hall–Kier alpha value is -1.35. The maximum Gasteiger partial charge on any atom is 0.222 e. The van der Waals surface area contributed by atoms with Crippen LogP contribution in [-0.2, 0) is 4.79 Å². The predicted octanol–water partition coefficient (Wildman–Crippen LogP) is 3.03. The summed E-state index contributed by atoms with van der Waals surface area (Å²) in [5.74, 6) is 2.05. The Kier molecular flexibility index (Phi) is 5.14. The van der Waals surface area contributed by atoms with Crippen LogP contribution in [0.1, 0.15) is 44.1 Å². The highest BCUT2D eigenvalue weighted by molar-refractivity contribution is 5.76. The van der Waals surface area contributed by atoms with Gasteiger partial charge in [0.05, 0.1) is 0 Å². The minimum absolute atomic E-state index is 0.358. The number of amides is 1. The monoisotopic (exact) mass is 300 g/mol. The highest BCUT2D eigenvalue weighted by Gasteiger charge is 2.29. The van der Waals surface area contributed by atoms with E-state index in [1.807, 2.05) is 0 Å². The molecule has 0 bridgehead atoms. The van der Waals surface area contributed by atoms with Gasteiger partial charge in [0, 0.05) is 25.4 Å². The van der Waals surface area contributed by atoms with Gasteiger partial charge in [-0.15, -0.1) is 0 Å². The molecule has 0 saturated carbocycles. The minimum atomic E-state index is 0.358. The third-order valence-corrected chi connectivity index (χ3v) is 5.45. The number of nitrogens with zero attached hydrogens (tertiary/aromatic N) is 1. The van der Waals surface area contributed by atoms with Crippen molar-refractivity contribution in [2.45, 2.75) is 38.5 Å². The third kappa shape index (κ3) is 3.70. The summed E-state index contributed by atoms with van der Waals surface area (Å²) in [6.45, 7) is 6.30. The van der Waals surface area contributed by atoms with Gasteiger partial charge < -0.3 is 10.2 Å². The molecule has 3 heteroatoms. The van der Waals surface area contributed by atoms with Gasteiger partial charge in [-0.25, -0.2) is 0 Å². The van der Waals surface area contributed by atoms with E-state index < -0.39 is 0 Å². The lowest BCUT2D eigenvalue weighted by molar-refractivity contribution is -0.131. The highest BCUT2D eigenvalue weighted by Crippen LogP contribution is 2.29. The quantitative estimate of drug-likeness (QED) is 0.927. The van der Waals surface area contributed by atoms with E-state index >= 15 is 0 Å². The zero-order valence-electron chi connectivity index (χ0n) is 13.6. The maximum absolute atomic E-state index is 12.6. The van der Waals surface area contributed by atoms with E-state index in [0.29, 0.717) is 30.1 Å². The Morgan fingerprint density at radius 3 is 2.86 bits per heavy atom. The van der Waals surface area contributed by atoms with Crippen LogP contribution < -0.4 is 5.32 Å². The lowest BCUT2D eigenvalue weighted by Gasteiger charge is -2.29. The Morgan fingerprint density at radius 2 is 2.14 bits per heavy atom. The van der Waals surface area contributed by atoms with Crippen LogP contribution in [0.2, 0.25) is 0 Å². The van der Waals surface area contributed by atoms with Crippen molar-refractivity contribution in [3.63, 3.8) is 0 Å². The zero-order chi connectivity index (χ0) is 15.4. The van der Waals surface area contributed by atoms with Gasteiger partial charge in [0.25, 0.3) is 0 Å². The zero-order valence-corrected chi connectivity index (χ0v) is 13.6. The molecular weight excluding hydrogens is 272 g/mol. The molecule has 1 aromatic carbocycles. The summed E-state index contributed by atoms with van der Waals surface area (Å²) in [6.07, 6.45) is 4.35. The molecule has 1 amide bonds. The van der Waals surface area contributed by atoms with Gasteiger partial charge in [-0.05, 0) is 49.8 Å². The first-order valence-electron chi connectivity index (χ1n) is 8.77. The number of benzene rings is 1. The molecule has 2 aliphatic rings. The van der Waals surface area contributed by atoms with Crippen LogP contribution in [0.4, 0.5) is 0 Å². The summed E-state index contributed by atoms with van der Waals surface area (Å²) in [7, 11) is 0. The first-order chi connectivity index (χ1) is 10.7. The van der Waals surface area contributed by atoms with E-state index in [1.165, 1.54) is 18.4 Å². The molecule has 0 radical (unpaired) electrons. The highest BCUT2D eigenvalue weighted by atomic mass is 16.2. The van der Waals surface area contributed by atoms with Crippen LogP contribution in [0.25, 0.3) is 0 Å². The largest absolute Gasteiger partial charge is 0.342 e. The number of carbonyl (C=O) groups is 1. The second kappa shape index (κ2) is 7.28. The van der Waals surface area contributed by atoms with Crippen LogP contribution in [0.5, 0.6) is 0 Å². The number of carbonyl (C=O) groups excluding carboxylic acids is 1. The molecule has 3 unspecified atom stereocenters. The molecule has 2 aliphatic heterocycles. The van der Waals surface area contributed by atoms with Crippen molar-refractivity contribution in [1.82, 2.24) is 10.2 Å². The number of hydrogen-bond acceptors (Lipinski definition) is 2. The van der Waals surface area contributed by atoms with E-state index in [-0.39, 0.29) is 0 Å². The Labute approximate surface area is 134 Å². The van der Waals surface area contributed by atoms with Crippen LogP contribution in [0.15, 0.2) is 30.3 Å². The molecule has 2 heterocycles. The number of piperidine rings is 1. The Bertz CT molecular complexity index is 481. The van der Waals surface area contributed by atoms with Gasteiger partial charge in [0.15, 0.2) is 0 Å². The summed E-state index contributed by atoms with van der Waals surface area (Å²) in [5.41, 5.74) is 1.38. The molecule has 120 valence electrons. The van der Waals surface area contributed by atoms with Crippen molar-refractivity contribution in [1.29, 1.82) is 0 Å². The lowest BCUT2D eigenvalue weighted by Crippen LogP contribution is -2.36. The van der Waals surface area contributed by atoms with Crippen molar-refractivity contribution in [2.24, 2.45) is 11.8 Å². The predicted molar refractivity (Wildman–Crippen MR) is 89.8 cm³/mol. The van der Waals surface area contributed by atoms with Crippen molar-refractivity contribution >= 4 is 5.91 Å². The molecular formula is C19H28N2O. The van der Waals surface area contributed by atoms with Gasteiger partial charge >= 0.3 is 0 Å². The smallest absolute Gasteiger partial charge is 0.222 e. The fraction of sp³-hybridized carbons (Fsp3) is 0.632. The van der Waals surface area contributed by atoms with E-state index in [2.05, 4.69) is 47.5 Å². The average molecular weight is 300 g/mol. The van der Waals surface area contributed by atoms with Gasteiger partial charge in [-0.2, -0.15) is 0 Å². The molecule has 22 heavy (non-hydrogen) atoms. The number of likely N-dealkylation sites (tertiary alicyclic amines) is 1. The summed E-state index contributed by atoms with van der Waals surface area (Å²) < 4.78 is 0. The van der Waals surface area contributed by atoms with Gasteiger partial charge in [-0.1, -0.05) is 37.3 Å². The van der Waals surface area contributed by atoms with Crippen LogP contribution in [-0.4, -0.2) is 37.0 Å². The van der Waals surface area contributed by atoms with Gasteiger partial charge in [0.1, 0.15) is 0 Å². The van der Waals surface area contributed by atoms with Gasteiger partial charge in [-0.3, -0.25) is 4.79 Å². The van der Waals surface area contributed by atoms with E-state index in [4.69, 9.17) is 0 Å². The average Bonchev–Trinajstić information content (AvgIpc) is 3.06. The number of nitrogens with one attached hydrogen (secondary N) is 1. The second-order valence-electron chi connectivity index (χ2n) is 7.02. The lowest BCUT2D eigenvalue weighted by atomic mass is 9.85. The molecule has 1 aromatic rings. The number of rotatable bonds is 4. The van der Waals surface area contributed by atoms with Crippen LogP contribution in [0.3, 0.4) is 0 Å². The standard InChI is InChI=1S/C19H28N2O/c1-15(17-8-5-10-20-13-17)12-19(22)21-11-9-18(14-21)16-6-3-2-4-7-16/h2-4,6-7,15,17-18,20H,5,8-14H2,1H3. The van der Waals surface area contributed by atoms with Crippen molar-refractivity contribution in [3.8, 4) is 0 Å². The van der Waals surface area contributed by atoms with E-state index in [1.54, 1.807) is 0 Å². The Balaban J connectivity index is 1.51. The molecule has 0 aliphatic carbocycles. The fourth-order valence-electron chi connectivity index (χ4n) is 3.92. The summed E-state index contributed by atoms with van der Waals surface area (Å²) in [5, 5.41) is 3.46. The molecule has 0 spiro atoms. The van der Waals surface area contributed by atoms with Gasteiger partial charge in [0.2, 0.25) is 5.91 Å². The minimum Gasteiger partial charge on any atom is -0.342 e. The molecule has 0 aromatic heterocycles. The molecule has 1 N–H and O–H groups in total. The first-order valence-corrected chi connectivity index (χ1v) is 8.77. The second-order valence-corrected chi connectivity index (χ2v) is 7.02. The van der Waals surface area contributed by atoms with Crippen LogP contribution in [0, 0.1) is 11.8 Å². The first kappa shape index (κ1) is 15.5. The topological polar surface area (TPSA) is 32.3 Å². The third-order valence-electron chi connectivity index (χ3n) is 5.45. The molecule has 3 atom stereocenters. The Morgan fingerprint density at radius 1 is 1.32 bits per heavy atom. The summed E-state index contributed by atoms with van der Waals surface area (Å²) in [4.78, 5) is 14.7. The number of hydrogen-bond donors (Lipinski definition) is 1. The van der Waals surface area contributed by atoms with Crippen LogP contribution >= 0.6 is 0 Å². The van der Waals surface area contributed by atoms with E-state index in [9.17, 15) is 4.79 Å². The molecule has 2 saturated heterocycles. The normalized spacial score (nSPS) is 26.9.